The third-order valence-corrected chi connectivity index (χ3v) is 5.35. The van der Waals surface area contributed by atoms with E-state index in [-0.39, 0.29) is 11.4 Å². The lowest BCUT2D eigenvalue weighted by Crippen LogP contribution is -2.52. The van der Waals surface area contributed by atoms with Crippen LogP contribution in [0.1, 0.15) is 69.7 Å². The van der Waals surface area contributed by atoms with Gasteiger partial charge in [0.05, 0.1) is 0 Å². The standard InChI is InChI=1S/C22H35N3O3/c1-21(2,3)28-20(27)24-18-12-10-17(11-13-18)19(26)23-16-22(25(4)5)14-8-6-7-9-15-22/h10-13H,6-9,14-16H2,1-5H3,(H,23,26)(H,24,27). The molecule has 0 heterocycles. The summed E-state index contributed by atoms with van der Waals surface area (Å²) < 4.78 is 5.23. The van der Waals surface area contributed by atoms with E-state index in [0.717, 1.165) is 12.8 Å². The number of likely N-dealkylation sites (N-methyl/N-ethyl adjacent to an activating group) is 1. The largest absolute Gasteiger partial charge is 0.444 e. The van der Waals surface area contributed by atoms with Crippen LogP contribution in [0.4, 0.5) is 10.5 Å². The lowest BCUT2D eigenvalue weighted by molar-refractivity contribution is 0.0635. The van der Waals surface area contributed by atoms with Crippen LogP contribution in [0.5, 0.6) is 0 Å². The Labute approximate surface area is 169 Å². The molecule has 0 unspecified atom stereocenters. The van der Waals surface area contributed by atoms with Crippen LogP contribution in [0.25, 0.3) is 0 Å². The number of hydrogen-bond acceptors (Lipinski definition) is 4. The Bertz CT molecular complexity index is 655. The lowest BCUT2D eigenvalue weighted by Gasteiger charge is -2.39. The van der Waals surface area contributed by atoms with Crippen LogP contribution in [0.2, 0.25) is 0 Å². The number of carbonyl (C=O) groups excluding carboxylic acids is 2. The minimum absolute atomic E-state index is 0.0321. The van der Waals surface area contributed by atoms with Gasteiger partial charge < -0.3 is 15.0 Å². The molecule has 6 nitrogen and oxygen atoms in total. The van der Waals surface area contributed by atoms with Crippen LogP contribution in [-0.4, -0.2) is 48.7 Å². The van der Waals surface area contributed by atoms with Gasteiger partial charge in [0.15, 0.2) is 0 Å². The number of anilines is 1. The van der Waals surface area contributed by atoms with Crippen molar-refractivity contribution in [2.45, 2.75) is 70.4 Å². The molecule has 1 fully saturated rings. The molecule has 2 amide bonds. The quantitative estimate of drug-likeness (QED) is 0.732. The van der Waals surface area contributed by atoms with E-state index in [9.17, 15) is 9.59 Å². The van der Waals surface area contributed by atoms with Gasteiger partial charge in [0.2, 0.25) is 0 Å². The van der Waals surface area contributed by atoms with Gasteiger partial charge in [0, 0.05) is 23.3 Å². The molecular formula is C22H35N3O3. The van der Waals surface area contributed by atoms with Gasteiger partial charge in [-0.25, -0.2) is 4.79 Å². The molecule has 0 aliphatic heterocycles. The summed E-state index contributed by atoms with van der Waals surface area (Å²) in [5, 5.41) is 5.79. The summed E-state index contributed by atoms with van der Waals surface area (Å²) in [6, 6.07) is 6.87. The van der Waals surface area contributed by atoms with Crippen molar-refractivity contribution in [1.29, 1.82) is 0 Å². The molecule has 1 aliphatic rings. The molecule has 2 rings (SSSR count). The van der Waals surface area contributed by atoms with Crippen molar-refractivity contribution < 1.29 is 14.3 Å². The van der Waals surface area contributed by atoms with Crippen LogP contribution >= 0.6 is 0 Å². The Morgan fingerprint density at radius 3 is 2.11 bits per heavy atom. The third-order valence-electron chi connectivity index (χ3n) is 5.35. The van der Waals surface area contributed by atoms with Crippen molar-refractivity contribution >= 4 is 17.7 Å². The van der Waals surface area contributed by atoms with Gasteiger partial charge in [-0.2, -0.15) is 0 Å². The number of nitrogens with zero attached hydrogens (tertiary/aromatic N) is 1. The van der Waals surface area contributed by atoms with Crippen LogP contribution in [0, 0.1) is 0 Å². The van der Waals surface area contributed by atoms with Gasteiger partial charge in [-0.15, -0.1) is 0 Å². The zero-order valence-electron chi connectivity index (χ0n) is 17.9. The fourth-order valence-electron chi connectivity index (χ4n) is 3.64. The SMILES string of the molecule is CN(C)C1(CNC(=O)c2ccc(NC(=O)OC(C)(C)C)cc2)CCCCCC1. The predicted molar refractivity (Wildman–Crippen MR) is 113 cm³/mol. The second-order valence-electron chi connectivity index (χ2n) is 8.92. The van der Waals surface area contributed by atoms with E-state index in [1.54, 1.807) is 24.3 Å². The second-order valence-corrected chi connectivity index (χ2v) is 8.92. The smallest absolute Gasteiger partial charge is 0.412 e. The average Bonchev–Trinajstić information content (AvgIpc) is 2.85. The van der Waals surface area contributed by atoms with Crippen molar-refractivity contribution in [1.82, 2.24) is 10.2 Å². The number of hydrogen-bond donors (Lipinski definition) is 2. The van der Waals surface area contributed by atoms with E-state index >= 15 is 0 Å². The molecule has 0 spiro atoms. The summed E-state index contributed by atoms with van der Waals surface area (Å²) >= 11 is 0. The maximum atomic E-state index is 12.6. The first-order valence-corrected chi connectivity index (χ1v) is 10.2. The summed E-state index contributed by atoms with van der Waals surface area (Å²) in [4.78, 5) is 26.7. The van der Waals surface area contributed by atoms with E-state index in [1.807, 2.05) is 20.8 Å². The summed E-state index contributed by atoms with van der Waals surface area (Å²) in [5.74, 6) is -0.0886. The minimum atomic E-state index is -0.551. The van der Waals surface area contributed by atoms with E-state index in [2.05, 4.69) is 29.6 Å². The van der Waals surface area contributed by atoms with Crippen LogP contribution in [-0.2, 0) is 4.74 Å². The summed E-state index contributed by atoms with van der Waals surface area (Å²) in [6.07, 6.45) is 6.67. The fraction of sp³-hybridized carbons (Fsp3) is 0.636. The number of ether oxygens (including phenoxy) is 1. The van der Waals surface area contributed by atoms with Gasteiger partial charge in [-0.05, 0) is 72.0 Å². The van der Waals surface area contributed by atoms with Crippen molar-refractivity contribution in [2.24, 2.45) is 0 Å². The molecule has 1 saturated carbocycles. The molecule has 6 heteroatoms. The Balaban J connectivity index is 1.94. The van der Waals surface area contributed by atoms with Gasteiger partial charge in [0.1, 0.15) is 5.60 Å². The van der Waals surface area contributed by atoms with E-state index in [4.69, 9.17) is 4.74 Å². The number of carbonyl (C=O) groups is 2. The minimum Gasteiger partial charge on any atom is -0.444 e. The Morgan fingerprint density at radius 2 is 1.61 bits per heavy atom. The topological polar surface area (TPSA) is 70.7 Å². The number of amides is 2. The second kappa shape index (κ2) is 9.41. The molecule has 1 aromatic carbocycles. The highest BCUT2D eigenvalue weighted by molar-refractivity contribution is 5.95. The molecule has 0 saturated heterocycles. The predicted octanol–water partition coefficient (Wildman–Crippen LogP) is 4.42. The summed E-state index contributed by atoms with van der Waals surface area (Å²) in [6.45, 7) is 6.09. The molecule has 156 valence electrons. The Hall–Kier alpha value is -2.08. The zero-order chi connectivity index (χ0) is 20.8. The Kier molecular flexibility index (Phi) is 7.47. The fourth-order valence-corrected chi connectivity index (χ4v) is 3.64. The number of benzene rings is 1. The van der Waals surface area contributed by atoms with Gasteiger partial charge in [-0.1, -0.05) is 25.7 Å². The van der Waals surface area contributed by atoms with Crippen molar-refractivity contribution in [3.63, 3.8) is 0 Å². The van der Waals surface area contributed by atoms with Crippen molar-refractivity contribution in [3.8, 4) is 0 Å². The maximum Gasteiger partial charge on any atom is 0.412 e. The summed E-state index contributed by atoms with van der Waals surface area (Å²) in [5.41, 5.74) is 0.658. The Morgan fingerprint density at radius 1 is 1.04 bits per heavy atom. The van der Waals surface area contributed by atoms with Crippen molar-refractivity contribution in [3.05, 3.63) is 29.8 Å². The van der Waals surface area contributed by atoms with E-state index in [0.29, 0.717) is 17.8 Å². The third kappa shape index (κ3) is 6.51. The molecule has 0 radical (unpaired) electrons. The average molecular weight is 390 g/mol. The first kappa shape index (κ1) is 22.2. The molecular weight excluding hydrogens is 354 g/mol. The zero-order valence-corrected chi connectivity index (χ0v) is 17.9. The van der Waals surface area contributed by atoms with Crippen LogP contribution < -0.4 is 10.6 Å². The highest BCUT2D eigenvalue weighted by Gasteiger charge is 2.33. The van der Waals surface area contributed by atoms with Crippen molar-refractivity contribution in [2.75, 3.05) is 26.0 Å². The molecule has 1 aliphatic carbocycles. The van der Waals surface area contributed by atoms with Gasteiger partial charge in [-0.3, -0.25) is 10.1 Å². The maximum absolute atomic E-state index is 12.6. The first-order valence-electron chi connectivity index (χ1n) is 10.2. The first-order chi connectivity index (χ1) is 13.1. The molecule has 0 bridgehead atoms. The lowest BCUT2D eigenvalue weighted by atomic mass is 9.88. The molecule has 0 atom stereocenters. The highest BCUT2D eigenvalue weighted by atomic mass is 16.6. The van der Waals surface area contributed by atoms with E-state index in [1.165, 1.54) is 25.7 Å². The van der Waals surface area contributed by atoms with E-state index < -0.39 is 11.7 Å². The van der Waals surface area contributed by atoms with Crippen LogP contribution in [0.3, 0.4) is 0 Å². The molecule has 2 N–H and O–H groups in total. The normalized spacial score (nSPS) is 16.9. The van der Waals surface area contributed by atoms with Gasteiger partial charge >= 0.3 is 6.09 Å². The van der Waals surface area contributed by atoms with Gasteiger partial charge in [0.25, 0.3) is 5.91 Å². The van der Waals surface area contributed by atoms with Crippen LogP contribution in [0.15, 0.2) is 24.3 Å². The summed E-state index contributed by atoms with van der Waals surface area (Å²) in [7, 11) is 4.21. The highest BCUT2D eigenvalue weighted by Crippen LogP contribution is 2.30. The molecule has 0 aromatic heterocycles. The molecule has 28 heavy (non-hydrogen) atoms. The monoisotopic (exact) mass is 389 g/mol. The molecule has 1 aromatic rings. The number of rotatable bonds is 5. The number of nitrogens with one attached hydrogen (secondary N) is 2.